The largest absolute Gasteiger partial charge is 0.481 e. The number of ether oxygens (including phenoxy) is 6. The van der Waals surface area contributed by atoms with Crippen molar-refractivity contribution in [3.63, 3.8) is 0 Å². The molecule has 0 radical (unpaired) electrons. The predicted octanol–water partition coefficient (Wildman–Crippen LogP) is -1.74. The Labute approximate surface area is 390 Å². The van der Waals surface area contributed by atoms with Crippen LogP contribution in [-0.2, 0) is 33.2 Å². The van der Waals surface area contributed by atoms with Gasteiger partial charge >= 0.3 is 5.97 Å². The topological polar surface area (TPSA) is 335 Å². The van der Waals surface area contributed by atoms with Crippen LogP contribution in [0.25, 0.3) is 0 Å². The summed E-state index contributed by atoms with van der Waals surface area (Å²) in [6.07, 6.45) is -20.8. The fraction of sp³-hybridized carbons (Fsp3) is 0.936. The second kappa shape index (κ2) is 17.9. The van der Waals surface area contributed by atoms with Crippen LogP contribution in [0.5, 0.6) is 0 Å². The van der Waals surface area contributed by atoms with Crippen LogP contribution >= 0.6 is 0 Å². The van der Waals surface area contributed by atoms with Gasteiger partial charge in [-0.3, -0.25) is 4.79 Å². The second-order valence-corrected chi connectivity index (χ2v) is 23.3. The van der Waals surface area contributed by atoms with Crippen molar-refractivity contribution < 1.29 is 99.6 Å². The molecule has 7 fully saturated rings. The third kappa shape index (κ3) is 7.73. The molecule has 0 unspecified atom stereocenters. The van der Waals surface area contributed by atoms with Gasteiger partial charge in [0.25, 0.3) is 0 Å². The van der Waals surface area contributed by atoms with Gasteiger partial charge < -0.3 is 94.8 Å². The quantitative estimate of drug-likeness (QED) is 0.0854. The van der Waals surface area contributed by atoms with E-state index in [4.69, 9.17) is 28.4 Å². The molecule has 0 bridgehead atoms. The first-order valence-electron chi connectivity index (χ1n) is 24.0. The molecule has 0 spiro atoms. The maximum atomic E-state index is 13.8. The fourth-order valence-corrected chi connectivity index (χ4v) is 15.2. The van der Waals surface area contributed by atoms with Gasteiger partial charge in [0.1, 0.15) is 67.1 Å². The summed E-state index contributed by atoms with van der Waals surface area (Å²) in [4.78, 5) is 13.8. The van der Waals surface area contributed by atoms with Crippen LogP contribution in [0, 0.1) is 50.2 Å². The van der Waals surface area contributed by atoms with Crippen molar-refractivity contribution in [3.8, 4) is 0 Å². The van der Waals surface area contributed by atoms with Crippen molar-refractivity contribution in [1.29, 1.82) is 0 Å². The van der Waals surface area contributed by atoms with Crippen LogP contribution in [0.2, 0.25) is 0 Å². The summed E-state index contributed by atoms with van der Waals surface area (Å²) >= 11 is 0. The molecule has 13 N–H and O–H groups in total. The van der Waals surface area contributed by atoms with Crippen molar-refractivity contribution in [1.82, 2.24) is 0 Å². The number of carboxylic acids is 1. The summed E-state index contributed by atoms with van der Waals surface area (Å²) < 4.78 is 37.0. The summed E-state index contributed by atoms with van der Waals surface area (Å²) in [6.45, 7) is 12.3. The molecule has 8 aliphatic rings. The molecule has 384 valence electrons. The molecule has 5 aliphatic carbocycles. The van der Waals surface area contributed by atoms with Gasteiger partial charge in [-0.1, -0.05) is 60.1 Å². The maximum Gasteiger partial charge on any atom is 0.310 e. The van der Waals surface area contributed by atoms with Crippen molar-refractivity contribution in [3.05, 3.63) is 11.6 Å². The van der Waals surface area contributed by atoms with Crippen molar-refractivity contribution in [2.45, 2.75) is 204 Å². The molecular formula is C47H76O20. The molecule has 3 aliphatic heterocycles. The Bertz CT molecular complexity index is 1850. The number of aliphatic hydroxyl groups is 12. The van der Waals surface area contributed by atoms with Crippen LogP contribution in [0.15, 0.2) is 11.6 Å². The number of aliphatic hydroxyl groups excluding tert-OH is 12. The van der Waals surface area contributed by atoms with Gasteiger partial charge in [-0.05, 0) is 84.4 Å². The van der Waals surface area contributed by atoms with E-state index in [9.17, 15) is 71.2 Å². The number of allylic oxidation sites excluding steroid dienone is 1. The molecule has 0 aromatic rings. The Morgan fingerprint density at radius 2 is 1.12 bits per heavy atom. The first-order valence-corrected chi connectivity index (χ1v) is 24.0. The van der Waals surface area contributed by atoms with E-state index in [0.29, 0.717) is 25.7 Å². The van der Waals surface area contributed by atoms with E-state index in [0.717, 1.165) is 5.57 Å². The van der Waals surface area contributed by atoms with Crippen LogP contribution in [0.3, 0.4) is 0 Å². The van der Waals surface area contributed by atoms with E-state index >= 15 is 0 Å². The van der Waals surface area contributed by atoms with E-state index in [1.807, 2.05) is 34.6 Å². The Morgan fingerprint density at radius 1 is 0.627 bits per heavy atom. The minimum atomic E-state index is -1.72. The lowest BCUT2D eigenvalue weighted by molar-refractivity contribution is -0.353. The third-order valence-corrected chi connectivity index (χ3v) is 19.2. The summed E-state index contributed by atoms with van der Waals surface area (Å²) in [5.41, 5.74) is -4.45. The number of hydrogen-bond acceptors (Lipinski definition) is 19. The first-order chi connectivity index (χ1) is 31.2. The van der Waals surface area contributed by atoms with Gasteiger partial charge in [0, 0.05) is 5.41 Å². The molecule has 0 amide bonds. The Kier molecular flexibility index (Phi) is 13.9. The summed E-state index contributed by atoms with van der Waals surface area (Å²) in [5.74, 6) is -1.95. The zero-order valence-electron chi connectivity index (χ0n) is 39.4. The van der Waals surface area contributed by atoms with Crippen LogP contribution < -0.4 is 0 Å². The maximum absolute atomic E-state index is 13.8. The van der Waals surface area contributed by atoms with Gasteiger partial charge in [0.2, 0.25) is 0 Å². The molecule has 25 atom stereocenters. The number of fused-ring (bicyclic) bond motifs is 7. The number of rotatable bonds is 10. The highest BCUT2D eigenvalue weighted by atomic mass is 16.7. The molecule has 3 heterocycles. The van der Waals surface area contributed by atoms with Gasteiger partial charge in [0.05, 0.1) is 49.7 Å². The zero-order valence-corrected chi connectivity index (χ0v) is 39.4. The number of hydrogen-bond donors (Lipinski definition) is 13. The van der Waals surface area contributed by atoms with Gasteiger partial charge in [-0.25, -0.2) is 0 Å². The minimum Gasteiger partial charge on any atom is -0.481 e. The highest BCUT2D eigenvalue weighted by Crippen LogP contribution is 2.76. The Morgan fingerprint density at radius 3 is 1.64 bits per heavy atom. The average Bonchev–Trinajstić information content (AvgIpc) is 3.53. The van der Waals surface area contributed by atoms with E-state index in [-0.39, 0.29) is 31.1 Å². The summed E-state index contributed by atoms with van der Waals surface area (Å²) in [5, 5.41) is 140. The van der Waals surface area contributed by atoms with Gasteiger partial charge in [-0.15, -0.1) is 0 Å². The van der Waals surface area contributed by atoms with Crippen molar-refractivity contribution in [2.75, 3.05) is 19.8 Å². The predicted molar refractivity (Wildman–Crippen MR) is 229 cm³/mol. The van der Waals surface area contributed by atoms with E-state index in [1.54, 1.807) is 0 Å². The van der Waals surface area contributed by atoms with Crippen LogP contribution in [0.1, 0.15) is 93.4 Å². The molecule has 3 saturated heterocycles. The monoisotopic (exact) mass is 960 g/mol. The lowest BCUT2D eigenvalue weighted by Crippen LogP contribution is -2.71. The van der Waals surface area contributed by atoms with E-state index in [1.165, 1.54) is 0 Å². The number of aliphatic carboxylic acids is 1. The molecule has 20 nitrogen and oxygen atoms in total. The third-order valence-electron chi connectivity index (χ3n) is 19.2. The second-order valence-electron chi connectivity index (χ2n) is 23.3. The van der Waals surface area contributed by atoms with Gasteiger partial charge in [-0.2, -0.15) is 0 Å². The van der Waals surface area contributed by atoms with Crippen molar-refractivity contribution >= 4 is 5.97 Å². The molecule has 67 heavy (non-hydrogen) atoms. The normalized spacial score (nSPS) is 54.8. The highest BCUT2D eigenvalue weighted by Gasteiger charge is 2.74. The molecular weight excluding hydrogens is 884 g/mol. The fourth-order valence-electron chi connectivity index (χ4n) is 15.2. The van der Waals surface area contributed by atoms with E-state index < -0.39 is 175 Å². The average molecular weight is 961 g/mol. The molecule has 8 rings (SSSR count). The molecule has 4 saturated carbocycles. The van der Waals surface area contributed by atoms with Crippen LogP contribution in [-0.4, -0.2) is 203 Å². The first kappa shape index (κ1) is 51.8. The van der Waals surface area contributed by atoms with Crippen LogP contribution in [0.4, 0.5) is 0 Å². The van der Waals surface area contributed by atoms with Gasteiger partial charge in [0.15, 0.2) is 18.9 Å². The lowest BCUT2D eigenvalue weighted by Gasteiger charge is -2.72. The molecule has 0 aromatic heterocycles. The standard InChI is InChI=1S/C47H76O20/c1-42(2)12-20-19-8-9-26-44(5)13-21(62-38-34(57)31(54)24(18-50)63-38)37(67-40-36(59)33(56)30(53)23(17-49)65-40)43(3,4)25(44)10-11-45(26,6)46(19,7)27(51)14-47(20,41(60)61)15-28(42)66-39-35(58)32(55)29(52)22(16-48)64-39/h8,20-40,48-59H,9-18H2,1-7H3,(H,60,61)/t20-,21-,22-,23+,24-,25+,26+,27-,28-,29-,30+,31+,32+,33-,34+,35-,36+,37-,38+,39+,40-,44-,45+,46-,47+/m0/s1. The minimum absolute atomic E-state index is 0.0661. The number of carboxylic acid groups (broad SMARTS) is 1. The molecule has 20 heteroatoms. The SMILES string of the molecule is CC1(C)C[C@H]2C3=CC[C@@H]4[C@@]5(C)C[C@H](O[C@@H]6O[C@@H](CO)[C@@H](O)[C@H]6O)[C@H](O[C@@H]6O[C@H](CO)[C@@H](O)[C@H](O)[C@H]6O)C(C)(C)[C@H]5CC[C@@]4(C)[C@]3(C)[C@@H](O)C[C@@]2(C(=O)O)C[C@@H]1O[C@H]1O[C@@H](CO)[C@H](O)[C@@H](O)[C@@H]1O. The Balaban J connectivity index is 1.14. The summed E-state index contributed by atoms with van der Waals surface area (Å²) in [6, 6.07) is 0. The lowest BCUT2D eigenvalue weighted by atomic mass is 9.33. The molecule has 0 aromatic carbocycles. The van der Waals surface area contributed by atoms with Crippen molar-refractivity contribution in [2.24, 2.45) is 50.2 Å². The zero-order chi connectivity index (χ0) is 49.3. The number of carbonyl (C=O) groups is 1. The smallest absolute Gasteiger partial charge is 0.310 e. The summed E-state index contributed by atoms with van der Waals surface area (Å²) in [7, 11) is 0. The van der Waals surface area contributed by atoms with E-state index in [2.05, 4.69) is 19.9 Å². The Hall–Kier alpha value is -1.51. The highest BCUT2D eigenvalue weighted by molar-refractivity contribution is 5.77.